The molecule has 1 N–H and O–H groups in total. The minimum atomic E-state index is -0.425. The summed E-state index contributed by atoms with van der Waals surface area (Å²) in [4.78, 5) is 40.0. The molecule has 0 spiro atoms. The number of rotatable bonds is 7. The highest BCUT2D eigenvalue weighted by molar-refractivity contribution is 5.98. The predicted octanol–water partition coefficient (Wildman–Crippen LogP) is 3.72. The summed E-state index contributed by atoms with van der Waals surface area (Å²) < 4.78 is 17.6. The molecule has 4 aromatic rings. The molecule has 9 heteroatoms. The molecule has 188 valence electrons. The van der Waals surface area contributed by atoms with Gasteiger partial charge in [-0.05, 0) is 61.1 Å². The Balaban J connectivity index is 1.65. The van der Waals surface area contributed by atoms with E-state index in [0.29, 0.717) is 34.5 Å². The second kappa shape index (κ2) is 9.72. The first kappa shape index (κ1) is 24.0. The lowest BCUT2D eigenvalue weighted by molar-refractivity contribution is 0.0938. The molecule has 1 saturated carbocycles. The van der Waals surface area contributed by atoms with Crippen LogP contribution in [0.2, 0.25) is 0 Å². The Morgan fingerprint density at radius 2 is 1.83 bits per heavy atom. The van der Waals surface area contributed by atoms with Crippen molar-refractivity contribution in [1.82, 2.24) is 24.1 Å². The Labute approximate surface area is 207 Å². The van der Waals surface area contributed by atoms with Gasteiger partial charge in [0.25, 0.3) is 11.5 Å². The summed E-state index contributed by atoms with van der Waals surface area (Å²) in [6.45, 7) is 4.67. The Kier molecular flexibility index (Phi) is 6.47. The van der Waals surface area contributed by atoms with E-state index < -0.39 is 5.69 Å². The van der Waals surface area contributed by atoms with Crippen LogP contribution in [0.3, 0.4) is 0 Å². The Morgan fingerprint density at radius 3 is 2.53 bits per heavy atom. The van der Waals surface area contributed by atoms with Gasteiger partial charge in [0.1, 0.15) is 5.82 Å². The second-order valence-corrected chi connectivity index (χ2v) is 10.0. The van der Waals surface area contributed by atoms with Crippen LogP contribution in [0, 0.1) is 11.7 Å². The molecular weight excluding hydrogens is 461 g/mol. The average molecular weight is 492 g/mol. The average Bonchev–Trinajstić information content (AvgIpc) is 3.48. The number of fused-ring (bicyclic) bond motifs is 3. The van der Waals surface area contributed by atoms with Gasteiger partial charge in [-0.2, -0.15) is 0 Å². The van der Waals surface area contributed by atoms with Gasteiger partial charge in [-0.25, -0.2) is 18.3 Å². The third-order valence-electron chi connectivity index (χ3n) is 6.91. The van der Waals surface area contributed by atoms with Crippen molar-refractivity contribution in [2.75, 3.05) is 0 Å². The van der Waals surface area contributed by atoms with Crippen molar-refractivity contribution < 1.29 is 9.18 Å². The number of carbonyl (C=O) groups is 1. The molecule has 0 unspecified atom stereocenters. The highest BCUT2D eigenvalue weighted by Gasteiger charge is 2.21. The minimum Gasteiger partial charge on any atom is -0.349 e. The van der Waals surface area contributed by atoms with Crippen LogP contribution in [0.15, 0.2) is 52.1 Å². The molecule has 2 heterocycles. The van der Waals surface area contributed by atoms with E-state index in [9.17, 15) is 18.8 Å². The van der Waals surface area contributed by atoms with Crippen molar-refractivity contribution in [1.29, 1.82) is 0 Å². The van der Waals surface area contributed by atoms with Crippen molar-refractivity contribution in [3.63, 3.8) is 0 Å². The summed E-state index contributed by atoms with van der Waals surface area (Å²) in [5.74, 6) is 0.00153. The first-order valence-electron chi connectivity index (χ1n) is 12.5. The van der Waals surface area contributed by atoms with Crippen molar-refractivity contribution in [3.8, 4) is 0 Å². The van der Waals surface area contributed by atoms with Gasteiger partial charge in [0.15, 0.2) is 0 Å². The summed E-state index contributed by atoms with van der Waals surface area (Å²) >= 11 is 0. The second-order valence-electron chi connectivity index (χ2n) is 10.0. The van der Waals surface area contributed by atoms with Gasteiger partial charge >= 0.3 is 5.69 Å². The molecule has 2 aromatic carbocycles. The standard InChI is InChI=1S/C27H30FN5O3/c1-17(2)13-14-31-25(35)22-12-9-19(24(34)29-21-5-3-4-6-21)15-23(22)33-26(31)30-32(27(33)36)16-18-7-10-20(28)11-8-18/h7-12,15,17,21H,3-6,13-14,16H2,1-2H3,(H,29,34). The number of hydrogen-bond acceptors (Lipinski definition) is 4. The quantitative estimate of drug-likeness (QED) is 0.427. The molecule has 8 nitrogen and oxygen atoms in total. The van der Waals surface area contributed by atoms with E-state index in [0.717, 1.165) is 32.1 Å². The maximum atomic E-state index is 13.5. The Bertz CT molecular complexity index is 1540. The van der Waals surface area contributed by atoms with E-state index in [-0.39, 0.29) is 35.6 Å². The maximum Gasteiger partial charge on any atom is 0.352 e. The maximum absolute atomic E-state index is 13.5. The monoisotopic (exact) mass is 491 g/mol. The lowest BCUT2D eigenvalue weighted by Crippen LogP contribution is -2.33. The van der Waals surface area contributed by atoms with E-state index in [1.54, 1.807) is 30.3 Å². The van der Waals surface area contributed by atoms with Gasteiger partial charge in [0.2, 0.25) is 5.78 Å². The van der Waals surface area contributed by atoms with E-state index in [4.69, 9.17) is 0 Å². The number of halogens is 1. The Morgan fingerprint density at radius 1 is 1.11 bits per heavy atom. The molecule has 1 aliphatic carbocycles. The number of amides is 1. The molecule has 2 aromatic heterocycles. The van der Waals surface area contributed by atoms with Crippen molar-refractivity contribution in [3.05, 3.63) is 80.2 Å². The fourth-order valence-corrected chi connectivity index (χ4v) is 4.85. The zero-order valence-electron chi connectivity index (χ0n) is 20.5. The van der Waals surface area contributed by atoms with E-state index in [1.165, 1.54) is 25.8 Å². The normalized spacial score (nSPS) is 14.3. The molecule has 1 fully saturated rings. The van der Waals surface area contributed by atoms with Crippen LogP contribution in [0.5, 0.6) is 0 Å². The summed E-state index contributed by atoms with van der Waals surface area (Å²) in [5, 5.41) is 7.93. The lowest BCUT2D eigenvalue weighted by Gasteiger charge is -2.14. The first-order valence-corrected chi connectivity index (χ1v) is 12.5. The van der Waals surface area contributed by atoms with Crippen molar-refractivity contribution >= 4 is 22.6 Å². The fraction of sp³-hybridized carbons (Fsp3) is 0.407. The molecule has 5 rings (SSSR count). The van der Waals surface area contributed by atoms with Crippen molar-refractivity contribution in [2.24, 2.45) is 5.92 Å². The number of hydrogen-bond donors (Lipinski definition) is 1. The molecule has 0 saturated heterocycles. The summed E-state index contributed by atoms with van der Waals surface area (Å²) in [6, 6.07) is 10.9. The molecule has 0 atom stereocenters. The van der Waals surface area contributed by atoms with Crippen LogP contribution in [-0.2, 0) is 13.1 Å². The van der Waals surface area contributed by atoms with Crippen LogP contribution < -0.4 is 16.6 Å². The smallest absolute Gasteiger partial charge is 0.349 e. The van der Waals surface area contributed by atoms with Crippen LogP contribution in [0.4, 0.5) is 4.39 Å². The van der Waals surface area contributed by atoms with Crippen LogP contribution in [-0.4, -0.2) is 30.7 Å². The predicted molar refractivity (Wildman–Crippen MR) is 136 cm³/mol. The van der Waals surface area contributed by atoms with E-state index in [2.05, 4.69) is 24.3 Å². The molecule has 36 heavy (non-hydrogen) atoms. The fourth-order valence-electron chi connectivity index (χ4n) is 4.85. The number of benzene rings is 2. The SMILES string of the molecule is CC(C)CCn1c(=O)c2ccc(C(=O)NC3CCCC3)cc2n2c(=O)n(Cc3ccc(F)cc3)nc12. The number of aryl methyl sites for hydroxylation is 1. The van der Waals surface area contributed by atoms with Gasteiger partial charge in [-0.3, -0.25) is 14.2 Å². The van der Waals surface area contributed by atoms with Crippen LogP contribution >= 0.6 is 0 Å². The number of nitrogens with zero attached hydrogens (tertiary/aromatic N) is 4. The molecule has 0 bridgehead atoms. The van der Waals surface area contributed by atoms with Crippen LogP contribution in [0.25, 0.3) is 16.7 Å². The molecule has 1 amide bonds. The molecule has 0 radical (unpaired) electrons. The number of nitrogens with one attached hydrogen (secondary N) is 1. The van der Waals surface area contributed by atoms with Gasteiger partial charge in [-0.15, -0.1) is 5.10 Å². The molecule has 1 aliphatic rings. The van der Waals surface area contributed by atoms with Gasteiger partial charge in [0, 0.05) is 18.2 Å². The van der Waals surface area contributed by atoms with E-state index >= 15 is 0 Å². The lowest BCUT2D eigenvalue weighted by atomic mass is 10.1. The highest BCUT2D eigenvalue weighted by atomic mass is 19.1. The molecule has 0 aliphatic heterocycles. The van der Waals surface area contributed by atoms with Crippen LogP contribution in [0.1, 0.15) is 61.9 Å². The zero-order valence-corrected chi connectivity index (χ0v) is 20.5. The van der Waals surface area contributed by atoms with Gasteiger partial charge in [0.05, 0.1) is 17.4 Å². The third-order valence-corrected chi connectivity index (χ3v) is 6.91. The number of carbonyl (C=O) groups excluding carboxylic acids is 1. The highest BCUT2D eigenvalue weighted by Crippen LogP contribution is 2.20. The Hall–Kier alpha value is -3.75. The summed E-state index contributed by atoms with van der Waals surface area (Å²) in [6.07, 6.45) is 4.85. The largest absolute Gasteiger partial charge is 0.352 e. The topological polar surface area (TPSA) is 90.4 Å². The summed E-state index contributed by atoms with van der Waals surface area (Å²) in [5.41, 5.74) is 0.781. The minimum absolute atomic E-state index is 0.127. The van der Waals surface area contributed by atoms with Crippen molar-refractivity contribution in [2.45, 2.75) is 65.1 Å². The third kappa shape index (κ3) is 4.57. The number of aromatic nitrogens is 4. The van der Waals surface area contributed by atoms with Gasteiger partial charge in [-0.1, -0.05) is 38.8 Å². The van der Waals surface area contributed by atoms with Gasteiger partial charge < -0.3 is 5.32 Å². The zero-order chi connectivity index (χ0) is 25.4. The van der Waals surface area contributed by atoms with E-state index in [1.807, 2.05) is 0 Å². The summed E-state index contributed by atoms with van der Waals surface area (Å²) in [7, 11) is 0. The first-order chi connectivity index (χ1) is 17.3. The molecular formula is C27H30FN5O3.